The molecule has 2 atom stereocenters. The zero-order valence-electron chi connectivity index (χ0n) is 20.5. The maximum atomic E-state index is 9.30. The highest BCUT2D eigenvalue weighted by Crippen LogP contribution is 2.32. The number of hydrogen-bond donors (Lipinski definition) is 4. The van der Waals surface area contributed by atoms with Crippen molar-refractivity contribution in [2.24, 2.45) is 0 Å². The number of aliphatic carboxylic acids is 2. The first-order valence-corrected chi connectivity index (χ1v) is 11.1. The van der Waals surface area contributed by atoms with Crippen LogP contribution in [0.4, 0.5) is 0 Å². The minimum atomic E-state index is -0.981. The second-order valence-corrected chi connectivity index (χ2v) is 8.25. The number of phenolic OH excluding ortho intramolecular Hbond substituents is 2. The zero-order valence-corrected chi connectivity index (χ0v) is 20.5. The minimum Gasteiger partial charge on any atom is -0.508 e. The molecule has 2 heterocycles. The number of hydrogen-bond acceptors (Lipinski definition) is 7. The molecule has 2 fully saturated rings. The SMILES string of the molecule is C(OCC1CO1)C1CO1.C=CC(=O)O.C=CC(=O)O.CC(C)(c1ccc(O)cc1)c1ccc(O)cc1. The van der Waals surface area contributed by atoms with Gasteiger partial charge in [-0.3, -0.25) is 0 Å². The van der Waals surface area contributed by atoms with E-state index in [0.717, 1.165) is 49.7 Å². The van der Waals surface area contributed by atoms with Crippen LogP contribution in [0.25, 0.3) is 0 Å². The largest absolute Gasteiger partial charge is 0.508 e. The van der Waals surface area contributed by atoms with Crippen LogP contribution < -0.4 is 0 Å². The first-order chi connectivity index (χ1) is 17.0. The Morgan fingerprint density at radius 3 is 1.33 bits per heavy atom. The van der Waals surface area contributed by atoms with E-state index < -0.39 is 11.9 Å². The van der Waals surface area contributed by atoms with Gasteiger partial charge in [-0.05, 0) is 35.4 Å². The molecule has 2 aliphatic rings. The Kier molecular flexibility index (Phi) is 13.0. The van der Waals surface area contributed by atoms with Crippen molar-refractivity contribution in [3.05, 3.63) is 85.0 Å². The van der Waals surface area contributed by atoms with E-state index in [4.69, 9.17) is 24.4 Å². The lowest BCUT2D eigenvalue weighted by Crippen LogP contribution is -2.18. The number of phenols is 2. The van der Waals surface area contributed by atoms with Crippen molar-refractivity contribution >= 4 is 11.9 Å². The molecular formula is C27H34O9. The number of ether oxygens (including phenoxy) is 3. The molecule has 2 aromatic carbocycles. The summed E-state index contributed by atoms with van der Waals surface area (Å²) < 4.78 is 15.1. The second kappa shape index (κ2) is 15.4. The first kappa shape index (κ1) is 30.4. The van der Waals surface area contributed by atoms with Gasteiger partial charge in [-0.25, -0.2) is 9.59 Å². The van der Waals surface area contributed by atoms with Crippen molar-refractivity contribution in [1.29, 1.82) is 0 Å². The van der Waals surface area contributed by atoms with E-state index in [9.17, 15) is 19.8 Å². The van der Waals surface area contributed by atoms with Gasteiger partial charge in [0.2, 0.25) is 0 Å². The number of carboxylic acid groups (broad SMARTS) is 2. The molecule has 0 spiro atoms. The summed E-state index contributed by atoms with van der Waals surface area (Å²) in [6.07, 6.45) is 2.45. The Morgan fingerprint density at radius 1 is 0.833 bits per heavy atom. The highest BCUT2D eigenvalue weighted by molar-refractivity contribution is 5.79. The fraction of sp³-hybridized carbons (Fsp3) is 0.333. The Hall–Kier alpha value is -3.66. The molecule has 4 rings (SSSR count). The molecule has 196 valence electrons. The Labute approximate surface area is 210 Å². The summed E-state index contributed by atoms with van der Waals surface area (Å²) in [5.41, 5.74) is 2.10. The van der Waals surface area contributed by atoms with Crippen LogP contribution in [0, 0.1) is 0 Å². The summed E-state index contributed by atoms with van der Waals surface area (Å²) in [4.78, 5) is 18.5. The Balaban J connectivity index is 0.000000284. The average molecular weight is 503 g/mol. The van der Waals surface area contributed by atoms with Crippen LogP contribution in [0.15, 0.2) is 73.8 Å². The molecular weight excluding hydrogens is 468 g/mol. The van der Waals surface area contributed by atoms with Gasteiger partial charge in [0.25, 0.3) is 0 Å². The molecule has 0 aromatic heterocycles. The van der Waals surface area contributed by atoms with Crippen LogP contribution in [0.1, 0.15) is 25.0 Å². The minimum absolute atomic E-state index is 0.151. The van der Waals surface area contributed by atoms with E-state index in [0.29, 0.717) is 12.2 Å². The molecule has 2 unspecified atom stereocenters. The third-order valence-electron chi connectivity index (χ3n) is 4.94. The molecule has 2 aliphatic heterocycles. The molecule has 0 radical (unpaired) electrons. The van der Waals surface area contributed by atoms with E-state index in [1.54, 1.807) is 24.3 Å². The summed E-state index contributed by atoms with van der Waals surface area (Å²) in [7, 11) is 0. The second-order valence-electron chi connectivity index (χ2n) is 8.25. The predicted molar refractivity (Wildman–Crippen MR) is 134 cm³/mol. The predicted octanol–water partition coefficient (Wildman–Crippen LogP) is 3.74. The highest BCUT2D eigenvalue weighted by Gasteiger charge is 2.26. The topological polar surface area (TPSA) is 149 Å². The number of carbonyl (C=O) groups is 2. The van der Waals surface area contributed by atoms with E-state index in [1.165, 1.54) is 0 Å². The zero-order chi connectivity index (χ0) is 27.1. The lowest BCUT2D eigenvalue weighted by Gasteiger charge is -2.26. The number of carboxylic acids is 2. The number of aromatic hydroxyl groups is 2. The maximum absolute atomic E-state index is 9.30. The van der Waals surface area contributed by atoms with Gasteiger partial charge in [0, 0.05) is 17.6 Å². The van der Waals surface area contributed by atoms with Crippen molar-refractivity contribution in [3.63, 3.8) is 0 Å². The van der Waals surface area contributed by atoms with Crippen LogP contribution in [0.2, 0.25) is 0 Å². The maximum Gasteiger partial charge on any atom is 0.327 e. The van der Waals surface area contributed by atoms with Gasteiger partial charge in [0.1, 0.15) is 23.7 Å². The van der Waals surface area contributed by atoms with Crippen molar-refractivity contribution in [2.75, 3.05) is 26.4 Å². The summed E-state index contributed by atoms with van der Waals surface area (Å²) in [6.45, 7) is 13.4. The van der Waals surface area contributed by atoms with Crippen molar-refractivity contribution in [1.82, 2.24) is 0 Å². The van der Waals surface area contributed by atoms with Crippen LogP contribution >= 0.6 is 0 Å². The van der Waals surface area contributed by atoms with E-state index in [1.807, 2.05) is 24.3 Å². The summed E-state index contributed by atoms with van der Waals surface area (Å²) in [5, 5.41) is 33.8. The fourth-order valence-corrected chi connectivity index (χ4v) is 2.58. The van der Waals surface area contributed by atoms with E-state index in [-0.39, 0.29) is 16.9 Å². The first-order valence-electron chi connectivity index (χ1n) is 11.1. The third-order valence-corrected chi connectivity index (χ3v) is 4.94. The molecule has 0 saturated carbocycles. The van der Waals surface area contributed by atoms with Crippen LogP contribution in [0.5, 0.6) is 11.5 Å². The molecule has 2 aromatic rings. The van der Waals surface area contributed by atoms with Gasteiger partial charge in [-0.15, -0.1) is 0 Å². The van der Waals surface area contributed by atoms with Gasteiger partial charge in [-0.2, -0.15) is 0 Å². The fourth-order valence-electron chi connectivity index (χ4n) is 2.58. The monoisotopic (exact) mass is 502 g/mol. The molecule has 9 nitrogen and oxygen atoms in total. The van der Waals surface area contributed by atoms with Crippen LogP contribution in [0.3, 0.4) is 0 Å². The summed E-state index contributed by atoms with van der Waals surface area (Å²) >= 11 is 0. The number of benzene rings is 2. The molecule has 0 aliphatic carbocycles. The summed E-state index contributed by atoms with van der Waals surface area (Å²) in [5.74, 6) is -1.42. The molecule has 9 heteroatoms. The van der Waals surface area contributed by atoms with Crippen molar-refractivity contribution in [3.8, 4) is 11.5 Å². The van der Waals surface area contributed by atoms with E-state index >= 15 is 0 Å². The molecule has 2 saturated heterocycles. The number of epoxide rings is 2. The Morgan fingerprint density at radius 2 is 1.11 bits per heavy atom. The lowest BCUT2D eigenvalue weighted by molar-refractivity contribution is -0.132. The Bertz CT molecular complexity index is 880. The van der Waals surface area contributed by atoms with Crippen molar-refractivity contribution in [2.45, 2.75) is 31.5 Å². The van der Waals surface area contributed by atoms with Crippen LogP contribution in [-0.2, 0) is 29.2 Å². The molecule has 0 bridgehead atoms. The van der Waals surface area contributed by atoms with Gasteiger partial charge < -0.3 is 34.6 Å². The molecule has 4 N–H and O–H groups in total. The summed E-state index contributed by atoms with van der Waals surface area (Å²) in [6, 6.07) is 14.4. The van der Waals surface area contributed by atoms with Gasteiger partial charge in [-0.1, -0.05) is 51.3 Å². The van der Waals surface area contributed by atoms with Crippen LogP contribution in [-0.4, -0.2) is 71.0 Å². The smallest absolute Gasteiger partial charge is 0.327 e. The van der Waals surface area contributed by atoms with E-state index in [2.05, 4.69) is 27.0 Å². The number of rotatable bonds is 8. The van der Waals surface area contributed by atoms with Gasteiger partial charge >= 0.3 is 11.9 Å². The quantitative estimate of drug-likeness (QED) is 0.313. The molecule has 0 amide bonds. The van der Waals surface area contributed by atoms with Gasteiger partial charge in [0.05, 0.1) is 26.4 Å². The van der Waals surface area contributed by atoms with Crippen molar-refractivity contribution < 1.29 is 44.2 Å². The normalized spacial score (nSPS) is 16.8. The third kappa shape index (κ3) is 13.3. The molecule has 36 heavy (non-hydrogen) atoms. The average Bonchev–Trinajstić information content (AvgIpc) is 3.77. The van der Waals surface area contributed by atoms with Gasteiger partial charge in [0.15, 0.2) is 0 Å². The lowest BCUT2D eigenvalue weighted by atomic mass is 9.78. The standard InChI is InChI=1S/C15H16O2.C6H10O3.2C3H4O2/c1-15(2,11-3-7-13(16)8-4-11)12-5-9-14(17)10-6-12;1(5-3-8-5)7-2-6-4-9-6;2*1-2-3(4)5/h3-10,16-17H,1-2H3;5-6H,1-4H2;2*2H,1H2,(H,4,5). The highest BCUT2D eigenvalue weighted by atomic mass is 16.6.